The van der Waals surface area contributed by atoms with Crippen molar-refractivity contribution in [1.82, 2.24) is 9.78 Å². The first-order chi connectivity index (χ1) is 8.52. The molecule has 0 unspecified atom stereocenters. The topological polar surface area (TPSA) is 75.4 Å². The minimum absolute atomic E-state index is 0.146. The molecule has 94 valence electrons. The molecular weight excluding hydrogens is 256 g/mol. The molecule has 5 nitrogen and oxygen atoms in total. The molecule has 0 fully saturated rings. The van der Waals surface area contributed by atoms with E-state index in [1.165, 1.54) is 10.9 Å². The van der Waals surface area contributed by atoms with Crippen molar-refractivity contribution in [3.05, 3.63) is 46.2 Å². The molecule has 18 heavy (non-hydrogen) atoms. The molecular formula is C12H11ClN2O3. The molecule has 0 aliphatic rings. The van der Waals surface area contributed by atoms with Gasteiger partial charge < -0.3 is 10.2 Å². The second-order valence-electron chi connectivity index (χ2n) is 3.84. The highest BCUT2D eigenvalue weighted by molar-refractivity contribution is 6.30. The van der Waals surface area contributed by atoms with Crippen LogP contribution in [0.3, 0.4) is 0 Å². The summed E-state index contributed by atoms with van der Waals surface area (Å²) in [6.45, 7) is 1.48. The van der Waals surface area contributed by atoms with Crippen LogP contribution < -0.4 is 0 Å². The van der Waals surface area contributed by atoms with Crippen molar-refractivity contribution in [2.24, 2.45) is 0 Å². The number of aliphatic hydroxyl groups excluding tert-OH is 1. The van der Waals surface area contributed by atoms with Crippen LogP contribution in [-0.2, 0) is 6.61 Å². The zero-order valence-corrected chi connectivity index (χ0v) is 10.3. The molecule has 1 aromatic carbocycles. The maximum atomic E-state index is 11.0. The van der Waals surface area contributed by atoms with E-state index in [0.29, 0.717) is 5.02 Å². The molecule has 2 rings (SSSR count). The van der Waals surface area contributed by atoms with Crippen LogP contribution in [0.25, 0.3) is 5.69 Å². The van der Waals surface area contributed by atoms with Gasteiger partial charge in [-0.3, -0.25) is 0 Å². The lowest BCUT2D eigenvalue weighted by molar-refractivity contribution is 0.0686. The molecule has 0 radical (unpaired) electrons. The Morgan fingerprint density at radius 2 is 2.22 bits per heavy atom. The lowest BCUT2D eigenvalue weighted by Crippen LogP contribution is -2.03. The van der Waals surface area contributed by atoms with Gasteiger partial charge >= 0.3 is 5.97 Å². The number of aryl methyl sites for hydroxylation is 1. The third-order valence-corrected chi connectivity index (χ3v) is 2.80. The van der Waals surface area contributed by atoms with Crippen LogP contribution in [0.2, 0.25) is 5.02 Å². The quantitative estimate of drug-likeness (QED) is 0.891. The maximum absolute atomic E-state index is 11.0. The third kappa shape index (κ3) is 2.23. The second kappa shape index (κ2) is 4.80. The summed E-state index contributed by atoms with van der Waals surface area (Å²) < 4.78 is 1.43. The molecule has 1 heterocycles. The first-order valence-corrected chi connectivity index (χ1v) is 5.60. The van der Waals surface area contributed by atoms with Crippen LogP contribution in [0.5, 0.6) is 0 Å². The first-order valence-electron chi connectivity index (χ1n) is 5.22. The molecule has 1 aromatic heterocycles. The number of aromatic carboxylic acids is 1. The Morgan fingerprint density at radius 1 is 1.50 bits per heavy atom. The number of halogens is 1. The van der Waals surface area contributed by atoms with Gasteiger partial charge in [-0.2, -0.15) is 5.10 Å². The molecule has 0 atom stereocenters. The number of benzene rings is 1. The van der Waals surface area contributed by atoms with E-state index in [9.17, 15) is 4.79 Å². The fourth-order valence-corrected chi connectivity index (χ4v) is 1.93. The molecule has 2 N–H and O–H groups in total. The van der Waals surface area contributed by atoms with Crippen molar-refractivity contribution in [3.63, 3.8) is 0 Å². The fourth-order valence-electron chi connectivity index (χ4n) is 1.70. The lowest BCUT2D eigenvalue weighted by atomic mass is 10.2. The highest BCUT2D eigenvalue weighted by Crippen LogP contribution is 2.20. The number of aliphatic hydroxyl groups is 1. The molecule has 0 amide bonds. The summed E-state index contributed by atoms with van der Waals surface area (Å²) in [4.78, 5) is 11.0. The molecule has 2 aromatic rings. The summed E-state index contributed by atoms with van der Waals surface area (Å²) in [5, 5.41) is 22.6. The van der Waals surface area contributed by atoms with Gasteiger partial charge in [-0.05, 0) is 30.7 Å². The van der Waals surface area contributed by atoms with E-state index >= 15 is 0 Å². The van der Waals surface area contributed by atoms with Crippen molar-refractivity contribution in [2.45, 2.75) is 13.5 Å². The molecule has 0 spiro atoms. The Bertz CT molecular complexity index is 607. The van der Waals surface area contributed by atoms with Crippen LogP contribution in [0.15, 0.2) is 24.4 Å². The van der Waals surface area contributed by atoms with E-state index in [-0.39, 0.29) is 17.9 Å². The van der Waals surface area contributed by atoms with Gasteiger partial charge in [-0.1, -0.05) is 11.6 Å². The maximum Gasteiger partial charge on any atom is 0.356 e. The Kier molecular flexibility index (Phi) is 3.36. The van der Waals surface area contributed by atoms with Crippen LogP contribution in [0.1, 0.15) is 21.6 Å². The van der Waals surface area contributed by atoms with E-state index in [1.54, 1.807) is 18.2 Å². The van der Waals surface area contributed by atoms with E-state index < -0.39 is 5.97 Å². The second-order valence-corrected chi connectivity index (χ2v) is 4.28. The SMILES string of the molecule is Cc1cc(Cl)ccc1-n1cc(CO)c(C(=O)O)n1. The minimum Gasteiger partial charge on any atom is -0.476 e. The number of hydrogen-bond acceptors (Lipinski definition) is 3. The number of nitrogens with zero attached hydrogens (tertiary/aromatic N) is 2. The molecule has 0 saturated heterocycles. The average Bonchev–Trinajstić information content (AvgIpc) is 2.73. The standard InChI is InChI=1S/C12H11ClN2O3/c1-7-4-9(13)2-3-10(7)15-5-8(6-16)11(14-15)12(17)18/h2-5,16H,6H2,1H3,(H,17,18). The summed E-state index contributed by atoms with van der Waals surface area (Å²) in [5.41, 5.74) is 1.72. The van der Waals surface area contributed by atoms with Crippen molar-refractivity contribution < 1.29 is 15.0 Å². The predicted molar refractivity (Wildman–Crippen MR) is 66.2 cm³/mol. The van der Waals surface area contributed by atoms with Crippen LogP contribution >= 0.6 is 11.6 Å². The molecule has 0 aliphatic heterocycles. The van der Waals surface area contributed by atoms with E-state index in [0.717, 1.165) is 11.3 Å². The van der Waals surface area contributed by atoms with Gasteiger partial charge in [0.25, 0.3) is 0 Å². The Balaban J connectivity index is 2.54. The van der Waals surface area contributed by atoms with Gasteiger partial charge in [0.2, 0.25) is 0 Å². The van der Waals surface area contributed by atoms with Crippen molar-refractivity contribution >= 4 is 17.6 Å². The van der Waals surface area contributed by atoms with Gasteiger partial charge in [0.05, 0.1) is 12.3 Å². The first kappa shape index (κ1) is 12.6. The summed E-state index contributed by atoms with van der Waals surface area (Å²) in [6, 6.07) is 5.21. The van der Waals surface area contributed by atoms with Gasteiger partial charge in [0, 0.05) is 16.8 Å². The zero-order chi connectivity index (χ0) is 13.3. The molecule has 0 bridgehead atoms. The van der Waals surface area contributed by atoms with Crippen LogP contribution in [-0.4, -0.2) is 26.0 Å². The highest BCUT2D eigenvalue weighted by Gasteiger charge is 2.16. The van der Waals surface area contributed by atoms with E-state index in [4.69, 9.17) is 21.8 Å². The number of carbonyl (C=O) groups is 1. The Labute approximate surface area is 108 Å². The zero-order valence-electron chi connectivity index (χ0n) is 9.59. The monoisotopic (exact) mass is 266 g/mol. The third-order valence-electron chi connectivity index (χ3n) is 2.57. The summed E-state index contributed by atoms with van der Waals surface area (Å²) >= 11 is 5.85. The van der Waals surface area contributed by atoms with Crippen molar-refractivity contribution in [3.8, 4) is 5.69 Å². The Morgan fingerprint density at radius 3 is 2.72 bits per heavy atom. The number of rotatable bonds is 3. The smallest absolute Gasteiger partial charge is 0.356 e. The average molecular weight is 267 g/mol. The normalized spacial score (nSPS) is 10.6. The number of carboxylic acids is 1. The van der Waals surface area contributed by atoms with Gasteiger partial charge in [0.15, 0.2) is 5.69 Å². The summed E-state index contributed by atoms with van der Waals surface area (Å²) in [5.74, 6) is -1.16. The minimum atomic E-state index is -1.16. The highest BCUT2D eigenvalue weighted by atomic mass is 35.5. The fraction of sp³-hybridized carbons (Fsp3) is 0.167. The number of carboxylic acid groups (broad SMARTS) is 1. The van der Waals surface area contributed by atoms with E-state index in [1.807, 2.05) is 6.92 Å². The van der Waals surface area contributed by atoms with Crippen LogP contribution in [0, 0.1) is 6.92 Å². The van der Waals surface area contributed by atoms with E-state index in [2.05, 4.69) is 5.10 Å². The largest absolute Gasteiger partial charge is 0.476 e. The summed E-state index contributed by atoms with van der Waals surface area (Å²) in [7, 11) is 0. The number of hydrogen-bond donors (Lipinski definition) is 2. The molecule has 0 saturated carbocycles. The van der Waals surface area contributed by atoms with Crippen LogP contribution in [0.4, 0.5) is 0 Å². The predicted octanol–water partition coefficient (Wildman–Crippen LogP) is 2.02. The lowest BCUT2D eigenvalue weighted by Gasteiger charge is -2.05. The van der Waals surface area contributed by atoms with Gasteiger partial charge in [-0.25, -0.2) is 9.48 Å². The number of aromatic nitrogens is 2. The summed E-state index contributed by atoms with van der Waals surface area (Å²) in [6.07, 6.45) is 1.50. The van der Waals surface area contributed by atoms with Crippen molar-refractivity contribution in [1.29, 1.82) is 0 Å². The van der Waals surface area contributed by atoms with Crippen molar-refractivity contribution in [2.75, 3.05) is 0 Å². The van der Waals surface area contributed by atoms with Gasteiger partial charge in [-0.15, -0.1) is 0 Å². The Hall–Kier alpha value is -1.85. The molecule has 0 aliphatic carbocycles. The molecule has 6 heteroatoms. The van der Waals surface area contributed by atoms with Gasteiger partial charge in [0.1, 0.15) is 0 Å².